The maximum Gasteiger partial charge on any atom is 0.257 e. The van der Waals surface area contributed by atoms with Crippen LogP contribution in [-0.2, 0) is 5.41 Å². The quantitative estimate of drug-likeness (QED) is 0.855. The molecular weight excluding hydrogens is 356 g/mol. The fourth-order valence-corrected chi connectivity index (χ4v) is 6.91. The molecule has 4 aliphatic rings. The molecule has 5 nitrogen and oxygen atoms in total. The van der Waals surface area contributed by atoms with E-state index in [-0.39, 0.29) is 11.3 Å². The fourth-order valence-electron chi connectivity index (χ4n) is 5.96. The van der Waals surface area contributed by atoms with Crippen LogP contribution in [0, 0.1) is 17.8 Å². The summed E-state index contributed by atoms with van der Waals surface area (Å²) in [6, 6.07) is 7.64. The van der Waals surface area contributed by atoms with E-state index in [1.807, 2.05) is 43.3 Å². The molecule has 6 heteroatoms. The SMILES string of the molecule is CN(C)c1cccc(C(=O)Nc2nnc(C34CC5CC(CC(C5)C3)C4)s2)c1. The smallest absolute Gasteiger partial charge is 0.257 e. The third-order valence-electron chi connectivity index (χ3n) is 6.76. The normalized spacial score (nSPS) is 31.1. The van der Waals surface area contributed by atoms with Gasteiger partial charge in [0.1, 0.15) is 5.01 Å². The van der Waals surface area contributed by atoms with E-state index in [1.165, 1.54) is 38.5 Å². The first-order valence-electron chi connectivity index (χ1n) is 9.93. The topological polar surface area (TPSA) is 58.1 Å². The fraction of sp³-hybridized carbons (Fsp3) is 0.571. The van der Waals surface area contributed by atoms with Gasteiger partial charge in [-0.25, -0.2) is 0 Å². The Balaban J connectivity index is 1.34. The molecule has 1 aromatic carbocycles. The number of carbonyl (C=O) groups excluding carboxylic acids is 1. The molecule has 0 spiro atoms. The second kappa shape index (κ2) is 6.30. The van der Waals surface area contributed by atoms with Crippen LogP contribution in [-0.4, -0.2) is 30.2 Å². The van der Waals surface area contributed by atoms with Crippen LogP contribution in [0.5, 0.6) is 0 Å². The first-order valence-corrected chi connectivity index (χ1v) is 10.8. The molecule has 4 saturated carbocycles. The number of amides is 1. The van der Waals surface area contributed by atoms with Gasteiger partial charge in [-0.15, -0.1) is 10.2 Å². The molecule has 0 atom stereocenters. The van der Waals surface area contributed by atoms with Gasteiger partial charge in [0.15, 0.2) is 0 Å². The van der Waals surface area contributed by atoms with Crippen molar-refractivity contribution >= 4 is 28.1 Å². The molecule has 0 radical (unpaired) electrons. The van der Waals surface area contributed by atoms with Gasteiger partial charge >= 0.3 is 0 Å². The average Bonchev–Trinajstić information content (AvgIpc) is 3.10. The predicted octanol–water partition coefficient (Wildman–Crippen LogP) is 4.32. The summed E-state index contributed by atoms with van der Waals surface area (Å²) in [5.41, 5.74) is 1.89. The number of aromatic nitrogens is 2. The number of anilines is 2. The van der Waals surface area contributed by atoms with E-state index in [0.717, 1.165) is 28.4 Å². The minimum atomic E-state index is -0.119. The Morgan fingerprint density at radius 1 is 1.11 bits per heavy atom. The van der Waals surface area contributed by atoms with Crippen molar-refractivity contribution in [3.8, 4) is 0 Å². The number of hydrogen-bond acceptors (Lipinski definition) is 5. The van der Waals surface area contributed by atoms with Crippen LogP contribution in [0.3, 0.4) is 0 Å². The van der Waals surface area contributed by atoms with Crippen LogP contribution in [0.15, 0.2) is 24.3 Å². The van der Waals surface area contributed by atoms with E-state index in [4.69, 9.17) is 0 Å². The molecule has 4 fully saturated rings. The Bertz CT molecular complexity index is 839. The van der Waals surface area contributed by atoms with Gasteiger partial charge in [-0.2, -0.15) is 0 Å². The number of benzene rings is 1. The zero-order valence-corrected chi connectivity index (χ0v) is 16.8. The van der Waals surface area contributed by atoms with Crippen LogP contribution < -0.4 is 10.2 Å². The van der Waals surface area contributed by atoms with Crippen LogP contribution in [0.1, 0.15) is 53.9 Å². The largest absolute Gasteiger partial charge is 0.378 e. The molecule has 142 valence electrons. The van der Waals surface area contributed by atoms with Crippen molar-refractivity contribution in [2.75, 3.05) is 24.3 Å². The summed E-state index contributed by atoms with van der Waals surface area (Å²) < 4.78 is 0. The van der Waals surface area contributed by atoms with Crippen LogP contribution in [0.2, 0.25) is 0 Å². The Kier molecular flexibility index (Phi) is 4.00. The van der Waals surface area contributed by atoms with E-state index < -0.39 is 0 Å². The number of hydrogen-bond donors (Lipinski definition) is 1. The maximum atomic E-state index is 12.7. The molecule has 1 N–H and O–H groups in total. The highest BCUT2D eigenvalue weighted by atomic mass is 32.1. The van der Waals surface area contributed by atoms with Gasteiger partial charge in [0, 0.05) is 30.8 Å². The summed E-state index contributed by atoms with van der Waals surface area (Å²) in [5, 5.41) is 13.6. The maximum absolute atomic E-state index is 12.7. The summed E-state index contributed by atoms with van der Waals surface area (Å²) in [6.07, 6.45) is 8.07. The van der Waals surface area contributed by atoms with Gasteiger partial charge in [0.05, 0.1) is 0 Å². The lowest BCUT2D eigenvalue weighted by Gasteiger charge is -2.55. The molecule has 4 bridgehead atoms. The lowest BCUT2D eigenvalue weighted by molar-refractivity contribution is -0.00555. The number of nitrogens with one attached hydrogen (secondary N) is 1. The molecule has 0 unspecified atom stereocenters. The van der Waals surface area contributed by atoms with Gasteiger partial charge < -0.3 is 4.90 Å². The van der Waals surface area contributed by atoms with Crippen molar-refractivity contribution in [2.45, 2.75) is 43.9 Å². The highest BCUT2D eigenvalue weighted by Gasteiger charge is 2.53. The van der Waals surface area contributed by atoms with E-state index in [9.17, 15) is 4.79 Å². The third kappa shape index (κ3) is 3.04. The van der Waals surface area contributed by atoms with Crippen LogP contribution >= 0.6 is 11.3 Å². The molecular formula is C21H26N4OS. The van der Waals surface area contributed by atoms with Crippen molar-refractivity contribution in [3.05, 3.63) is 34.8 Å². The molecule has 27 heavy (non-hydrogen) atoms. The Morgan fingerprint density at radius 2 is 1.78 bits per heavy atom. The number of nitrogens with zero attached hydrogens (tertiary/aromatic N) is 3. The van der Waals surface area contributed by atoms with Crippen molar-refractivity contribution in [2.24, 2.45) is 17.8 Å². The zero-order chi connectivity index (χ0) is 18.6. The Morgan fingerprint density at radius 3 is 2.41 bits per heavy atom. The first kappa shape index (κ1) is 17.2. The van der Waals surface area contributed by atoms with Crippen LogP contribution in [0.4, 0.5) is 10.8 Å². The minimum Gasteiger partial charge on any atom is -0.378 e. The summed E-state index contributed by atoms with van der Waals surface area (Å²) in [7, 11) is 3.94. The van der Waals surface area contributed by atoms with Crippen molar-refractivity contribution in [3.63, 3.8) is 0 Å². The van der Waals surface area contributed by atoms with Gasteiger partial charge in [-0.3, -0.25) is 10.1 Å². The first-order chi connectivity index (χ1) is 13.0. The summed E-state index contributed by atoms with van der Waals surface area (Å²) in [5.74, 6) is 2.53. The summed E-state index contributed by atoms with van der Waals surface area (Å²) >= 11 is 1.59. The van der Waals surface area contributed by atoms with E-state index >= 15 is 0 Å². The van der Waals surface area contributed by atoms with Crippen LogP contribution in [0.25, 0.3) is 0 Å². The molecule has 1 heterocycles. The monoisotopic (exact) mass is 382 g/mol. The van der Waals surface area contributed by atoms with E-state index in [1.54, 1.807) is 11.3 Å². The van der Waals surface area contributed by atoms with Crippen molar-refractivity contribution in [1.82, 2.24) is 10.2 Å². The molecule has 1 aromatic heterocycles. The lowest BCUT2D eigenvalue weighted by atomic mass is 9.50. The molecule has 1 amide bonds. The van der Waals surface area contributed by atoms with E-state index in [2.05, 4.69) is 15.5 Å². The Hall–Kier alpha value is -1.95. The molecule has 6 rings (SSSR count). The lowest BCUT2D eigenvalue weighted by Crippen LogP contribution is -2.48. The van der Waals surface area contributed by atoms with Crippen molar-refractivity contribution in [1.29, 1.82) is 0 Å². The average molecular weight is 383 g/mol. The van der Waals surface area contributed by atoms with Gasteiger partial charge in [-0.1, -0.05) is 17.4 Å². The highest BCUT2D eigenvalue weighted by molar-refractivity contribution is 7.15. The zero-order valence-electron chi connectivity index (χ0n) is 15.9. The van der Waals surface area contributed by atoms with Gasteiger partial charge in [-0.05, 0) is 74.5 Å². The van der Waals surface area contributed by atoms with Gasteiger partial charge in [0.2, 0.25) is 5.13 Å². The minimum absolute atomic E-state index is 0.119. The second-order valence-corrected chi connectivity index (χ2v) is 9.99. The molecule has 0 aliphatic heterocycles. The Labute approximate surface area is 164 Å². The van der Waals surface area contributed by atoms with Gasteiger partial charge in [0.25, 0.3) is 5.91 Å². The predicted molar refractivity (Wildman–Crippen MR) is 108 cm³/mol. The molecule has 0 saturated heterocycles. The molecule has 4 aliphatic carbocycles. The standard InChI is InChI=1S/C21H26N4OS/c1-25(2)17-5-3-4-16(9-17)18(26)22-20-24-23-19(27-20)21-10-13-6-14(11-21)8-15(7-13)12-21/h3-5,9,13-15H,6-8,10-12H2,1-2H3,(H,22,24,26). The summed E-state index contributed by atoms with van der Waals surface area (Å²) in [4.78, 5) is 14.6. The third-order valence-corrected chi connectivity index (χ3v) is 7.85. The highest BCUT2D eigenvalue weighted by Crippen LogP contribution is 2.61. The number of carbonyl (C=O) groups is 1. The molecule has 2 aromatic rings. The summed E-state index contributed by atoms with van der Waals surface area (Å²) in [6.45, 7) is 0. The second-order valence-electron chi connectivity index (χ2n) is 9.01. The van der Waals surface area contributed by atoms with Crippen molar-refractivity contribution < 1.29 is 4.79 Å². The van der Waals surface area contributed by atoms with E-state index in [0.29, 0.717) is 10.7 Å². The number of rotatable bonds is 4.